The number of fused-ring (bicyclic) bond motifs is 1. The van der Waals surface area contributed by atoms with Gasteiger partial charge in [0.25, 0.3) is 0 Å². The van der Waals surface area contributed by atoms with E-state index in [4.69, 9.17) is 5.90 Å². The molecule has 14 heavy (non-hydrogen) atoms. The smallest absolute Gasteiger partial charge is 0.0930 e. The van der Waals surface area contributed by atoms with Crippen LogP contribution in [0.2, 0.25) is 0 Å². The Morgan fingerprint density at radius 1 is 1.36 bits per heavy atom. The van der Waals surface area contributed by atoms with Crippen LogP contribution in [0, 0.1) is 13.8 Å². The summed E-state index contributed by atoms with van der Waals surface area (Å²) in [6.07, 6.45) is 0. The molecule has 0 aliphatic rings. The highest BCUT2D eigenvalue weighted by Crippen LogP contribution is 2.30. The molecule has 1 aromatic heterocycles. The van der Waals surface area contributed by atoms with Crippen LogP contribution in [-0.4, -0.2) is 0 Å². The summed E-state index contributed by atoms with van der Waals surface area (Å²) in [6, 6.07) is 6.35. The number of hydrogen-bond acceptors (Lipinski definition) is 3. The fourth-order valence-corrected chi connectivity index (χ4v) is 2.71. The second-order valence-electron chi connectivity index (χ2n) is 3.42. The van der Waals surface area contributed by atoms with Crippen molar-refractivity contribution in [2.24, 2.45) is 5.90 Å². The Bertz CT molecular complexity index is 462. The van der Waals surface area contributed by atoms with Gasteiger partial charge in [-0.05, 0) is 36.4 Å². The Kier molecular flexibility index (Phi) is 2.54. The molecule has 0 unspecified atom stereocenters. The highest BCUT2D eigenvalue weighted by Gasteiger charge is 2.04. The zero-order valence-electron chi connectivity index (χ0n) is 8.33. The Morgan fingerprint density at radius 2 is 2.14 bits per heavy atom. The molecule has 0 radical (unpaired) electrons. The van der Waals surface area contributed by atoms with Crippen LogP contribution in [0.3, 0.4) is 0 Å². The minimum Gasteiger partial charge on any atom is -0.300 e. The summed E-state index contributed by atoms with van der Waals surface area (Å²) in [6.45, 7) is 4.79. The standard InChI is InChI=1S/C11H13NOS/c1-7-8(2)14-11-5-9(6-13-12)3-4-10(7)11/h3-5H,6,12H2,1-2H3. The highest BCUT2D eigenvalue weighted by atomic mass is 32.1. The van der Waals surface area contributed by atoms with E-state index in [0.717, 1.165) is 5.56 Å². The van der Waals surface area contributed by atoms with Gasteiger partial charge in [0, 0.05) is 9.58 Å². The molecule has 0 bridgehead atoms. The minimum atomic E-state index is 0.478. The van der Waals surface area contributed by atoms with Crippen molar-refractivity contribution in [1.29, 1.82) is 0 Å². The topological polar surface area (TPSA) is 35.2 Å². The number of nitrogens with two attached hydrogens (primary N) is 1. The van der Waals surface area contributed by atoms with E-state index in [9.17, 15) is 0 Å². The molecule has 1 heterocycles. The molecule has 2 aromatic rings. The van der Waals surface area contributed by atoms with Gasteiger partial charge in [-0.2, -0.15) is 0 Å². The summed E-state index contributed by atoms with van der Waals surface area (Å²) >= 11 is 1.82. The van der Waals surface area contributed by atoms with Crippen LogP contribution in [0.5, 0.6) is 0 Å². The molecule has 0 fully saturated rings. The van der Waals surface area contributed by atoms with Crippen molar-refractivity contribution in [1.82, 2.24) is 0 Å². The third kappa shape index (κ3) is 1.54. The van der Waals surface area contributed by atoms with E-state index in [1.54, 1.807) is 0 Å². The van der Waals surface area contributed by atoms with Crippen LogP contribution in [-0.2, 0) is 11.4 Å². The van der Waals surface area contributed by atoms with Crippen molar-refractivity contribution in [2.45, 2.75) is 20.5 Å². The third-order valence-corrected chi connectivity index (χ3v) is 3.66. The predicted molar refractivity (Wildman–Crippen MR) is 60.3 cm³/mol. The van der Waals surface area contributed by atoms with Gasteiger partial charge in [0.2, 0.25) is 0 Å². The summed E-state index contributed by atoms with van der Waals surface area (Å²) < 4.78 is 1.31. The molecule has 2 nitrogen and oxygen atoms in total. The molecular weight excluding hydrogens is 194 g/mol. The second kappa shape index (κ2) is 3.69. The van der Waals surface area contributed by atoms with Gasteiger partial charge in [-0.3, -0.25) is 4.84 Å². The Balaban J connectivity index is 2.56. The van der Waals surface area contributed by atoms with Crippen molar-refractivity contribution < 1.29 is 4.84 Å². The maximum Gasteiger partial charge on any atom is 0.0930 e. The van der Waals surface area contributed by atoms with Crippen LogP contribution in [0.1, 0.15) is 16.0 Å². The van der Waals surface area contributed by atoms with Crippen molar-refractivity contribution in [3.05, 3.63) is 34.2 Å². The van der Waals surface area contributed by atoms with Gasteiger partial charge < -0.3 is 0 Å². The Labute approximate surface area is 87.3 Å². The zero-order chi connectivity index (χ0) is 10.1. The molecule has 0 amide bonds. The van der Waals surface area contributed by atoms with Crippen LogP contribution in [0.25, 0.3) is 10.1 Å². The lowest BCUT2D eigenvalue weighted by Gasteiger charge is -1.98. The van der Waals surface area contributed by atoms with E-state index in [1.807, 2.05) is 11.3 Å². The van der Waals surface area contributed by atoms with Crippen molar-refractivity contribution >= 4 is 21.4 Å². The molecule has 3 heteroatoms. The number of aryl methyl sites for hydroxylation is 2. The zero-order valence-corrected chi connectivity index (χ0v) is 9.15. The van der Waals surface area contributed by atoms with E-state index in [2.05, 4.69) is 36.9 Å². The summed E-state index contributed by atoms with van der Waals surface area (Å²) in [7, 11) is 0. The van der Waals surface area contributed by atoms with Gasteiger partial charge in [-0.25, -0.2) is 5.90 Å². The number of thiophene rings is 1. The van der Waals surface area contributed by atoms with Crippen LogP contribution >= 0.6 is 11.3 Å². The maximum absolute atomic E-state index is 5.04. The highest BCUT2D eigenvalue weighted by molar-refractivity contribution is 7.19. The summed E-state index contributed by atoms with van der Waals surface area (Å²) in [4.78, 5) is 6.00. The van der Waals surface area contributed by atoms with Crippen LogP contribution in [0.15, 0.2) is 18.2 Å². The molecule has 2 rings (SSSR count). The molecule has 1 aromatic carbocycles. The molecular formula is C11H13NOS. The lowest BCUT2D eigenvalue weighted by Crippen LogP contribution is -1.98. The number of hydrogen-bond donors (Lipinski definition) is 1. The largest absolute Gasteiger partial charge is 0.300 e. The Hall–Kier alpha value is -0.900. The van der Waals surface area contributed by atoms with Crippen LogP contribution in [0.4, 0.5) is 0 Å². The first-order valence-corrected chi connectivity index (χ1v) is 5.34. The van der Waals surface area contributed by atoms with E-state index in [0.29, 0.717) is 6.61 Å². The van der Waals surface area contributed by atoms with Gasteiger partial charge in [0.1, 0.15) is 0 Å². The van der Waals surface area contributed by atoms with Gasteiger partial charge in [-0.1, -0.05) is 12.1 Å². The second-order valence-corrected chi connectivity index (χ2v) is 4.68. The van der Waals surface area contributed by atoms with E-state index in [-0.39, 0.29) is 0 Å². The normalized spacial score (nSPS) is 11.1. The fraction of sp³-hybridized carbons (Fsp3) is 0.273. The van der Waals surface area contributed by atoms with E-state index < -0.39 is 0 Å². The summed E-state index contributed by atoms with van der Waals surface area (Å²) in [5, 5.41) is 1.34. The SMILES string of the molecule is Cc1sc2cc(CON)ccc2c1C. The average Bonchev–Trinajstić information content (AvgIpc) is 2.43. The lowest BCUT2D eigenvalue weighted by molar-refractivity contribution is 0.124. The molecule has 74 valence electrons. The van der Waals surface area contributed by atoms with Gasteiger partial charge in [0.15, 0.2) is 0 Å². The molecule has 0 saturated carbocycles. The van der Waals surface area contributed by atoms with Gasteiger partial charge in [-0.15, -0.1) is 11.3 Å². The van der Waals surface area contributed by atoms with Crippen molar-refractivity contribution in [2.75, 3.05) is 0 Å². The summed E-state index contributed by atoms with van der Waals surface area (Å²) in [5.41, 5.74) is 2.51. The molecule has 0 aliphatic heterocycles. The summed E-state index contributed by atoms with van der Waals surface area (Å²) in [5.74, 6) is 5.04. The number of rotatable bonds is 2. The van der Waals surface area contributed by atoms with E-state index >= 15 is 0 Å². The quantitative estimate of drug-likeness (QED) is 0.768. The first-order chi connectivity index (χ1) is 6.72. The predicted octanol–water partition coefficient (Wildman–Crippen LogP) is 2.91. The molecule has 0 aliphatic carbocycles. The first kappa shape index (κ1) is 9.65. The number of benzene rings is 1. The molecule has 0 saturated heterocycles. The van der Waals surface area contributed by atoms with Crippen molar-refractivity contribution in [3.63, 3.8) is 0 Å². The lowest BCUT2D eigenvalue weighted by atomic mass is 10.1. The average molecular weight is 207 g/mol. The third-order valence-electron chi connectivity index (χ3n) is 2.49. The molecule has 0 atom stereocenters. The maximum atomic E-state index is 5.04. The monoisotopic (exact) mass is 207 g/mol. The van der Waals surface area contributed by atoms with Gasteiger partial charge in [0.05, 0.1) is 6.61 Å². The van der Waals surface area contributed by atoms with Crippen LogP contribution < -0.4 is 5.90 Å². The Morgan fingerprint density at radius 3 is 2.86 bits per heavy atom. The van der Waals surface area contributed by atoms with Gasteiger partial charge >= 0.3 is 0 Å². The van der Waals surface area contributed by atoms with Crippen molar-refractivity contribution in [3.8, 4) is 0 Å². The fourth-order valence-electron chi connectivity index (χ4n) is 1.58. The minimum absolute atomic E-state index is 0.478. The first-order valence-electron chi connectivity index (χ1n) is 4.52. The van der Waals surface area contributed by atoms with E-state index in [1.165, 1.54) is 20.5 Å². The molecule has 0 spiro atoms. The molecule has 2 N–H and O–H groups in total.